The third-order valence-corrected chi connectivity index (χ3v) is 20.5. The molecule has 14 aromatic carbocycles. The molecule has 0 atom stereocenters. The summed E-state index contributed by atoms with van der Waals surface area (Å²) in [5, 5.41) is 23.1. The van der Waals surface area contributed by atoms with Crippen molar-refractivity contribution in [2.75, 3.05) is 9.80 Å². The number of aromatic nitrogens is 10. The molecule has 0 N–H and O–H groups in total. The second-order valence-electron chi connectivity index (χ2n) is 27.1. The number of para-hydroxylation sites is 2. The summed E-state index contributed by atoms with van der Waals surface area (Å²) in [5.74, 6) is 4.48. The molecule has 0 saturated heterocycles. The van der Waals surface area contributed by atoms with Crippen LogP contribution in [0.15, 0.2) is 346 Å². The van der Waals surface area contributed by atoms with E-state index < -0.39 is 0 Å². The third-order valence-electron chi connectivity index (χ3n) is 20.5. The van der Waals surface area contributed by atoms with E-state index in [2.05, 4.69) is 154 Å². The number of nitrogens with zero attached hydrogens (tertiary/aromatic N) is 14. The zero-order valence-corrected chi connectivity index (χ0v) is 58.7. The highest BCUT2D eigenvalue weighted by atomic mass is 15.2. The smallest absolute Gasteiger partial charge is 0.252 e. The number of fused-ring (bicyclic) bond motifs is 7. The number of nitriles is 2. The maximum Gasteiger partial charge on any atom is 0.252 e. The van der Waals surface area contributed by atoms with Crippen LogP contribution in [0.3, 0.4) is 0 Å². The Morgan fingerprint density at radius 3 is 0.964 bits per heavy atom. The van der Waals surface area contributed by atoms with Crippen molar-refractivity contribution in [3.8, 4) is 131 Å². The quantitative estimate of drug-likeness (QED) is 0.0998. The Bertz CT molecular complexity index is 6440. The van der Waals surface area contributed by atoms with Crippen molar-refractivity contribution in [1.82, 2.24) is 49.4 Å². The standard InChI is InChI=1S/C95H57BN14/c97-58-60-41-47-81-77(51-60)96-78-52-61(59-98)42-48-82(78)109(73-39-23-8-24-40-73)85-57-71(56-84(86(85)96)108(81)72-37-21-7-22-38-72)68-44-49-79-75(53-68)74-46-43-70(94-104-89(64-29-13-3-14-30-64)100-90(105-94)65-31-15-4-16-32-65)55-83(74)110(79)80-50-45-69(93-102-87(62-25-9-1-10-26-62)99-88(103-93)63-27-11-2-12-28-63)54-76(80)95-106-91(66-33-17-5-18-34-66)101-92(107-95)67-35-19-6-20-36-67/h1-57H. The largest absolute Gasteiger partial charge is 0.311 e. The van der Waals surface area contributed by atoms with Crippen molar-refractivity contribution in [3.63, 3.8) is 0 Å². The third kappa shape index (κ3) is 11.3. The summed E-state index contributed by atoms with van der Waals surface area (Å²) in [7, 11) is 0. The number of hydrogen-bond donors (Lipinski definition) is 0. The van der Waals surface area contributed by atoms with Gasteiger partial charge in [0.05, 0.1) is 40.0 Å². The Balaban J connectivity index is 0.870. The molecular formula is C95H57BN14. The molecule has 510 valence electrons. The lowest BCUT2D eigenvalue weighted by atomic mass is 9.33. The van der Waals surface area contributed by atoms with Crippen LogP contribution in [0.4, 0.5) is 34.1 Å². The van der Waals surface area contributed by atoms with Gasteiger partial charge < -0.3 is 14.4 Å². The van der Waals surface area contributed by atoms with Crippen LogP contribution in [0.25, 0.3) is 141 Å². The second kappa shape index (κ2) is 26.9. The van der Waals surface area contributed by atoms with Gasteiger partial charge in [0.15, 0.2) is 52.4 Å². The van der Waals surface area contributed by atoms with Gasteiger partial charge in [0.25, 0.3) is 6.71 Å². The van der Waals surface area contributed by atoms with Gasteiger partial charge >= 0.3 is 0 Å². The van der Waals surface area contributed by atoms with Crippen LogP contribution in [0.5, 0.6) is 0 Å². The van der Waals surface area contributed by atoms with Crippen LogP contribution in [-0.4, -0.2) is 56.1 Å². The Hall–Kier alpha value is -15.4. The predicted molar refractivity (Wildman–Crippen MR) is 439 cm³/mol. The Morgan fingerprint density at radius 1 is 0.236 bits per heavy atom. The van der Waals surface area contributed by atoms with E-state index in [4.69, 9.17) is 44.9 Å². The van der Waals surface area contributed by atoms with E-state index in [9.17, 15) is 10.5 Å². The SMILES string of the molecule is N#Cc1ccc2c(c1)B1c3cc(C#N)ccc3N(c3ccccc3)c3cc(-c4ccc5c(c4)c4ccc(-c6nc(-c7ccccc7)nc(-c7ccccc7)n6)cc4n5-c4ccc(-c5nc(-c6ccccc6)nc(-c6ccccc6)n5)cc4-c4nc(-c5ccccc5)nc(-c5ccccc5)n4)cc(c31)N2c1ccccc1. The molecule has 15 heteroatoms. The normalized spacial score (nSPS) is 11.9. The van der Waals surface area contributed by atoms with Gasteiger partial charge in [-0.05, 0) is 137 Å². The molecular weight excluding hydrogens is 1350 g/mol. The van der Waals surface area contributed by atoms with Crippen LogP contribution in [-0.2, 0) is 0 Å². The van der Waals surface area contributed by atoms with E-state index in [1.54, 1.807) is 0 Å². The first kappa shape index (κ1) is 64.2. The summed E-state index contributed by atoms with van der Waals surface area (Å²) in [6.45, 7) is -0.355. The number of benzene rings is 14. The lowest BCUT2D eigenvalue weighted by Crippen LogP contribution is -2.61. The Morgan fingerprint density at radius 2 is 0.573 bits per heavy atom. The monoisotopic (exact) mass is 1400 g/mol. The summed E-state index contributed by atoms with van der Waals surface area (Å²) in [5.41, 5.74) is 21.4. The maximum absolute atomic E-state index is 10.6. The van der Waals surface area contributed by atoms with Crippen molar-refractivity contribution in [3.05, 3.63) is 357 Å². The van der Waals surface area contributed by atoms with Crippen LogP contribution in [0, 0.1) is 22.7 Å². The number of hydrogen-bond acceptors (Lipinski definition) is 13. The van der Waals surface area contributed by atoms with Gasteiger partial charge in [0.1, 0.15) is 0 Å². The zero-order valence-electron chi connectivity index (χ0n) is 58.7. The zero-order chi connectivity index (χ0) is 73.2. The van der Waals surface area contributed by atoms with E-state index in [1.165, 1.54) is 0 Å². The number of rotatable bonds is 13. The predicted octanol–water partition coefficient (Wildman–Crippen LogP) is 19.8. The highest BCUT2D eigenvalue weighted by Crippen LogP contribution is 2.48. The van der Waals surface area contributed by atoms with Gasteiger partial charge in [0.2, 0.25) is 0 Å². The minimum Gasteiger partial charge on any atom is -0.311 e. The van der Waals surface area contributed by atoms with Crippen molar-refractivity contribution in [2.45, 2.75) is 0 Å². The molecule has 110 heavy (non-hydrogen) atoms. The van der Waals surface area contributed by atoms with Gasteiger partial charge in [-0.3, -0.25) is 0 Å². The van der Waals surface area contributed by atoms with Gasteiger partial charge in [-0.15, -0.1) is 0 Å². The molecule has 0 bridgehead atoms. The van der Waals surface area contributed by atoms with Crippen molar-refractivity contribution in [1.29, 1.82) is 10.5 Å². The highest BCUT2D eigenvalue weighted by molar-refractivity contribution is 7.00. The summed E-state index contributed by atoms with van der Waals surface area (Å²) < 4.78 is 2.31. The van der Waals surface area contributed by atoms with Crippen molar-refractivity contribution in [2.24, 2.45) is 0 Å². The summed E-state index contributed by atoms with van der Waals surface area (Å²) in [6, 6.07) is 122. The van der Waals surface area contributed by atoms with E-state index in [0.29, 0.717) is 74.7 Å². The second-order valence-corrected chi connectivity index (χ2v) is 27.1. The fourth-order valence-corrected chi connectivity index (χ4v) is 15.5. The van der Waals surface area contributed by atoms with Crippen molar-refractivity contribution >= 4 is 79.0 Å². The summed E-state index contributed by atoms with van der Waals surface area (Å²) in [4.78, 5) is 52.3. The first-order valence-corrected chi connectivity index (χ1v) is 36.2. The fraction of sp³-hybridized carbons (Fsp3) is 0. The molecule has 0 unspecified atom stereocenters. The lowest BCUT2D eigenvalue weighted by Gasteiger charge is -2.44. The van der Waals surface area contributed by atoms with Crippen LogP contribution >= 0.6 is 0 Å². The molecule has 6 heterocycles. The molecule has 0 radical (unpaired) electrons. The molecule has 0 aliphatic carbocycles. The first-order chi connectivity index (χ1) is 54.4. The van der Waals surface area contributed by atoms with E-state index >= 15 is 0 Å². The summed E-state index contributed by atoms with van der Waals surface area (Å²) >= 11 is 0. The molecule has 20 rings (SSSR count). The summed E-state index contributed by atoms with van der Waals surface area (Å²) in [6.07, 6.45) is 0. The van der Waals surface area contributed by atoms with E-state index in [1.807, 2.05) is 218 Å². The van der Waals surface area contributed by atoms with Crippen molar-refractivity contribution < 1.29 is 0 Å². The minimum atomic E-state index is -0.355. The molecule has 0 amide bonds. The molecule has 14 nitrogen and oxygen atoms in total. The molecule has 0 fully saturated rings. The topological polar surface area (TPSA) is 175 Å². The van der Waals surface area contributed by atoms with Crippen LogP contribution in [0.2, 0.25) is 0 Å². The average Bonchev–Trinajstić information content (AvgIpc) is 0.780. The Kier molecular flexibility index (Phi) is 15.7. The van der Waals surface area contributed by atoms with E-state index in [0.717, 1.165) is 128 Å². The first-order valence-electron chi connectivity index (χ1n) is 36.2. The van der Waals surface area contributed by atoms with Gasteiger partial charge in [-0.2, -0.15) is 10.5 Å². The highest BCUT2D eigenvalue weighted by Gasteiger charge is 2.44. The maximum atomic E-state index is 10.6. The lowest BCUT2D eigenvalue weighted by molar-refractivity contribution is 1.06. The van der Waals surface area contributed by atoms with Gasteiger partial charge in [-0.1, -0.05) is 237 Å². The Labute approximate surface area is 633 Å². The molecule has 0 saturated carbocycles. The minimum absolute atomic E-state index is 0.355. The number of anilines is 6. The van der Waals surface area contributed by atoms with Gasteiger partial charge in [0, 0.05) is 95.0 Å². The van der Waals surface area contributed by atoms with Gasteiger partial charge in [-0.25, -0.2) is 44.9 Å². The molecule has 2 aliphatic heterocycles. The van der Waals surface area contributed by atoms with Crippen LogP contribution < -0.4 is 26.2 Å². The fourth-order valence-electron chi connectivity index (χ4n) is 15.5. The van der Waals surface area contributed by atoms with Crippen LogP contribution in [0.1, 0.15) is 11.1 Å². The average molecular weight is 1410 g/mol. The molecule has 2 aliphatic rings. The molecule has 4 aromatic heterocycles. The molecule has 0 spiro atoms. The molecule has 18 aromatic rings. The van der Waals surface area contributed by atoms with E-state index in [-0.39, 0.29) is 6.71 Å².